The molecule has 10 heteroatoms. The molecule has 30 heavy (non-hydrogen) atoms. The number of rotatable bonds is 5. The molecule has 1 fully saturated rings. The van der Waals surface area contributed by atoms with Gasteiger partial charge in [-0.2, -0.15) is 0 Å². The van der Waals surface area contributed by atoms with Gasteiger partial charge in [0.1, 0.15) is 0 Å². The number of anilines is 1. The number of benzene rings is 2. The molecule has 3 rings (SSSR count). The van der Waals surface area contributed by atoms with Crippen LogP contribution in [-0.2, 0) is 9.84 Å². The van der Waals surface area contributed by atoms with Crippen LogP contribution in [0.1, 0.15) is 40.0 Å². The van der Waals surface area contributed by atoms with Crippen molar-refractivity contribution in [3.63, 3.8) is 0 Å². The number of sulfone groups is 1. The third kappa shape index (κ3) is 5.01. The molecular formula is C20H21N3O6S. The number of nitro groups is 1. The van der Waals surface area contributed by atoms with Crippen molar-refractivity contribution in [2.24, 2.45) is 0 Å². The Morgan fingerprint density at radius 1 is 1.03 bits per heavy atom. The van der Waals surface area contributed by atoms with E-state index in [0.717, 1.165) is 43.7 Å². The molecule has 2 aromatic rings. The fourth-order valence-corrected chi connectivity index (χ4v) is 3.92. The van der Waals surface area contributed by atoms with E-state index in [2.05, 4.69) is 5.32 Å². The minimum atomic E-state index is -3.75. The summed E-state index contributed by atoms with van der Waals surface area (Å²) in [7, 11) is -3.75. The van der Waals surface area contributed by atoms with E-state index in [1.165, 1.54) is 6.07 Å². The summed E-state index contributed by atoms with van der Waals surface area (Å²) < 4.78 is 23.6. The van der Waals surface area contributed by atoms with E-state index in [-0.39, 0.29) is 16.4 Å². The van der Waals surface area contributed by atoms with Gasteiger partial charge in [-0.05, 0) is 43.5 Å². The summed E-state index contributed by atoms with van der Waals surface area (Å²) in [6, 6.07) is 9.39. The van der Waals surface area contributed by atoms with Crippen LogP contribution in [0, 0.1) is 10.1 Å². The lowest BCUT2D eigenvalue weighted by molar-refractivity contribution is -0.385. The lowest BCUT2D eigenvalue weighted by Crippen LogP contribution is -2.35. The smallest absolute Gasteiger partial charge is 0.271 e. The van der Waals surface area contributed by atoms with E-state index in [1.807, 2.05) is 0 Å². The monoisotopic (exact) mass is 431 g/mol. The van der Waals surface area contributed by atoms with Gasteiger partial charge in [-0.25, -0.2) is 8.42 Å². The van der Waals surface area contributed by atoms with Crippen molar-refractivity contribution in [2.75, 3.05) is 24.7 Å². The molecule has 0 spiro atoms. The van der Waals surface area contributed by atoms with Crippen molar-refractivity contribution < 1.29 is 22.9 Å². The molecule has 9 nitrogen and oxygen atoms in total. The molecule has 1 N–H and O–H groups in total. The van der Waals surface area contributed by atoms with Crippen molar-refractivity contribution in [1.29, 1.82) is 0 Å². The Morgan fingerprint density at radius 3 is 2.37 bits per heavy atom. The Hall–Kier alpha value is -3.27. The Bertz CT molecular complexity index is 1110. The largest absolute Gasteiger partial charge is 0.339 e. The van der Waals surface area contributed by atoms with E-state index >= 15 is 0 Å². The van der Waals surface area contributed by atoms with Gasteiger partial charge in [0.05, 0.1) is 9.82 Å². The summed E-state index contributed by atoms with van der Waals surface area (Å²) in [5.74, 6) is -0.841. The normalized spacial score (nSPS) is 14.2. The fraction of sp³-hybridized carbons (Fsp3) is 0.300. The minimum absolute atomic E-state index is 0.125. The van der Waals surface area contributed by atoms with E-state index < -0.39 is 26.4 Å². The predicted molar refractivity (Wildman–Crippen MR) is 110 cm³/mol. The first-order valence-corrected chi connectivity index (χ1v) is 11.2. The lowest BCUT2D eigenvalue weighted by atomic mass is 10.1. The first-order chi connectivity index (χ1) is 14.1. The van der Waals surface area contributed by atoms with Crippen LogP contribution in [-0.4, -0.2) is 49.4 Å². The van der Waals surface area contributed by atoms with Crippen LogP contribution in [0.15, 0.2) is 47.4 Å². The zero-order valence-electron chi connectivity index (χ0n) is 16.3. The van der Waals surface area contributed by atoms with Gasteiger partial charge in [-0.15, -0.1) is 0 Å². The number of piperidine rings is 1. The third-order valence-electron chi connectivity index (χ3n) is 4.80. The second-order valence-corrected chi connectivity index (χ2v) is 9.15. The number of hydrogen-bond acceptors (Lipinski definition) is 6. The third-order valence-corrected chi connectivity index (χ3v) is 5.90. The van der Waals surface area contributed by atoms with Gasteiger partial charge in [0.15, 0.2) is 9.84 Å². The van der Waals surface area contributed by atoms with Crippen LogP contribution in [0.2, 0.25) is 0 Å². The van der Waals surface area contributed by atoms with Crippen LogP contribution in [0.25, 0.3) is 0 Å². The number of amides is 2. The van der Waals surface area contributed by atoms with Crippen LogP contribution in [0.3, 0.4) is 0 Å². The van der Waals surface area contributed by atoms with Crippen LogP contribution < -0.4 is 5.32 Å². The molecule has 1 aliphatic heterocycles. The van der Waals surface area contributed by atoms with Crippen molar-refractivity contribution in [1.82, 2.24) is 4.90 Å². The predicted octanol–water partition coefficient (Wildman–Crippen LogP) is 2.88. The SMILES string of the molecule is CS(=O)(=O)c1cc(C(=O)Nc2cccc(C(=O)N3CCCCC3)c2)cc([N+](=O)[O-])c1. The summed E-state index contributed by atoms with van der Waals surface area (Å²) in [6.07, 6.45) is 3.91. The highest BCUT2D eigenvalue weighted by Crippen LogP contribution is 2.22. The molecule has 2 aromatic carbocycles. The Labute approximate surface area is 173 Å². The summed E-state index contributed by atoms with van der Waals surface area (Å²) in [4.78, 5) is 37.1. The number of non-ortho nitro benzene ring substituents is 1. The maximum atomic E-state index is 12.7. The lowest BCUT2D eigenvalue weighted by Gasteiger charge is -2.26. The zero-order chi connectivity index (χ0) is 21.9. The van der Waals surface area contributed by atoms with Crippen LogP contribution >= 0.6 is 0 Å². The first kappa shape index (κ1) is 21.4. The standard InChI is InChI=1S/C20H21N3O6S/c1-30(28,29)18-12-15(11-17(13-18)23(26)27)19(24)21-16-7-5-6-14(10-16)20(25)22-8-3-2-4-9-22/h5-7,10-13H,2-4,8-9H2,1H3,(H,21,24). The Balaban J connectivity index is 1.85. The average Bonchev–Trinajstić information content (AvgIpc) is 2.73. The van der Waals surface area contributed by atoms with E-state index in [0.29, 0.717) is 24.3 Å². The summed E-state index contributed by atoms with van der Waals surface area (Å²) in [5, 5.41) is 13.7. The van der Waals surface area contributed by atoms with Crippen molar-refractivity contribution >= 4 is 33.0 Å². The van der Waals surface area contributed by atoms with Gasteiger partial charge in [0, 0.05) is 48.3 Å². The van der Waals surface area contributed by atoms with Gasteiger partial charge in [-0.1, -0.05) is 6.07 Å². The second kappa shape index (κ2) is 8.62. The molecule has 158 valence electrons. The number of nitro benzene ring substituents is 1. The minimum Gasteiger partial charge on any atom is -0.339 e. The molecule has 0 aliphatic carbocycles. The molecular weight excluding hydrogens is 410 g/mol. The summed E-state index contributed by atoms with van der Waals surface area (Å²) in [6.45, 7) is 1.38. The quantitative estimate of drug-likeness (QED) is 0.573. The molecule has 1 aliphatic rings. The molecule has 0 atom stereocenters. The maximum Gasteiger partial charge on any atom is 0.271 e. The van der Waals surface area contributed by atoms with Crippen molar-refractivity contribution in [3.05, 3.63) is 63.7 Å². The fourth-order valence-electron chi connectivity index (χ4n) is 3.25. The number of nitrogens with zero attached hydrogens (tertiary/aromatic N) is 2. The Kier molecular flexibility index (Phi) is 6.16. The highest BCUT2D eigenvalue weighted by Gasteiger charge is 2.21. The van der Waals surface area contributed by atoms with Gasteiger partial charge in [-0.3, -0.25) is 19.7 Å². The number of likely N-dealkylation sites (tertiary alicyclic amines) is 1. The molecule has 1 saturated heterocycles. The average molecular weight is 431 g/mol. The molecule has 1 heterocycles. The molecule has 0 saturated carbocycles. The number of carbonyl (C=O) groups excluding carboxylic acids is 2. The molecule has 0 aromatic heterocycles. The topological polar surface area (TPSA) is 127 Å². The zero-order valence-corrected chi connectivity index (χ0v) is 17.1. The first-order valence-electron chi connectivity index (χ1n) is 9.35. The maximum absolute atomic E-state index is 12.7. The van der Waals surface area contributed by atoms with Crippen LogP contribution in [0.4, 0.5) is 11.4 Å². The molecule has 0 unspecified atom stereocenters. The number of carbonyl (C=O) groups is 2. The van der Waals surface area contributed by atoms with Gasteiger partial charge >= 0.3 is 0 Å². The highest BCUT2D eigenvalue weighted by atomic mass is 32.2. The van der Waals surface area contributed by atoms with Gasteiger partial charge in [0.25, 0.3) is 17.5 Å². The molecule has 2 amide bonds. The van der Waals surface area contributed by atoms with Crippen LogP contribution in [0.5, 0.6) is 0 Å². The number of nitrogens with one attached hydrogen (secondary N) is 1. The van der Waals surface area contributed by atoms with E-state index in [9.17, 15) is 28.1 Å². The molecule has 0 radical (unpaired) electrons. The summed E-state index contributed by atoms with van der Waals surface area (Å²) in [5.41, 5.74) is 0.0790. The summed E-state index contributed by atoms with van der Waals surface area (Å²) >= 11 is 0. The second-order valence-electron chi connectivity index (χ2n) is 7.13. The Morgan fingerprint density at radius 2 is 1.73 bits per heavy atom. The van der Waals surface area contributed by atoms with Gasteiger partial charge < -0.3 is 10.2 Å². The highest BCUT2D eigenvalue weighted by molar-refractivity contribution is 7.90. The van der Waals surface area contributed by atoms with E-state index in [1.54, 1.807) is 23.1 Å². The molecule has 0 bridgehead atoms. The number of hydrogen-bond donors (Lipinski definition) is 1. The van der Waals surface area contributed by atoms with Crippen molar-refractivity contribution in [3.8, 4) is 0 Å². The van der Waals surface area contributed by atoms with Crippen molar-refractivity contribution in [2.45, 2.75) is 24.2 Å². The van der Waals surface area contributed by atoms with Gasteiger partial charge in [0.2, 0.25) is 0 Å². The van der Waals surface area contributed by atoms with E-state index in [4.69, 9.17) is 0 Å².